The van der Waals surface area contributed by atoms with Crippen molar-refractivity contribution in [1.29, 1.82) is 0 Å². The zero-order chi connectivity index (χ0) is 12.7. The third-order valence-corrected chi connectivity index (χ3v) is 2.19. The van der Waals surface area contributed by atoms with Gasteiger partial charge in [0.1, 0.15) is 0 Å². The Hall–Kier alpha value is -1.55. The summed E-state index contributed by atoms with van der Waals surface area (Å²) in [6.45, 7) is 1.90. The number of halogens is 1. The summed E-state index contributed by atoms with van der Waals surface area (Å²) in [4.78, 5) is 22.0. The molecule has 0 aromatic heterocycles. The predicted molar refractivity (Wildman–Crippen MR) is 62.7 cm³/mol. The first-order valence-electron chi connectivity index (χ1n) is 5.21. The third kappa shape index (κ3) is 4.87. The van der Waals surface area contributed by atoms with Gasteiger partial charge in [-0.3, -0.25) is 0 Å². The number of ether oxygens (including phenoxy) is 2. The Morgan fingerprint density at radius 3 is 2.59 bits per heavy atom. The van der Waals surface area contributed by atoms with E-state index in [1.54, 1.807) is 19.1 Å². The number of carbonyl (C=O) groups is 2. The maximum Gasteiger partial charge on any atom is 0.417 e. The van der Waals surface area contributed by atoms with Crippen molar-refractivity contribution in [2.45, 2.75) is 13.3 Å². The first kappa shape index (κ1) is 13.5. The Morgan fingerprint density at radius 1 is 1.24 bits per heavy atom. The van der Waals surface area contributed by atoms with Gasteiger partial charge in [-0.15, -0.1) is 0 Å². The van der Waals surface area contributed by atoms with Gasteiger partial charge in [0.15, 0.2) is 0 Å². The van der Waals surface area contributed by atoms with E-state index >= 15 is 0 Å². The van der Waals surface area contributed by atoms with Crippen LogP contribution in [-0.4, -0.2) is 25.2 Å². The van der Waals surface area contributed by atoms with Crippen molar-refractivity contribution in [2.75, 3.05) is 13.2 Å². The van der Waals surface area contributed by atoms with Crippen LogP contribution in [0.1, 0.15) is 12.5 Å². The Labute approximate surface area is 104 Å². The highest BCUT2D eigenvalue weighted by molar-refractivity contribution is 6.30. The topological polar surface area (TPSA) is 52.6 Å². The molecule has 0 unspecified atom stereocenters. The molecule has 0 aliphatic carbocycles. The quantitative estimate of drug-likeness (QED) is 0.611. The zero-order valence-electron chi connectivity index (χ0n) is 9.44. The number of rotatable bonds is 4. The lowest BCUT2D eigenvalue weighted by atomic mass is 10.2. The van der Waals surface area contributed by atoms with E-state index in [9.17, 15) is 9.59 Å². The summed E-state index contributed by atoms with van der Waals surface area (Å²) >= 11 is 5.80. The summed E-state index contributed by atoms with van der Waals surface area (Å²) in [6, 6.07) is 7.21. The van der Waals surface area contributed by atoms with Crippen molar-refractivity contribution in [3.05, 3.63) is 34.9 Å². The van der Waals surface area contributed by atoms with Crippen LogP contribution in [-0.2, 0) is 25.5 Å². The van der Waals surface area contributed by atoms with Crippen molar-refractivity contribution < 1.29 is 19.1 Å². The Kier molecular flexibility index (Phi) is 5.49. The van der Waals surface area contributed by atoms with E-state index in [1.165, 1.54) is 0 Å². The summed E-state index contributed by atoms with van der Waals surface area (Å²) in [6.07, 6.45) is 0.506. The monoisotopic (exact) mass is 256 g/mol. The van der Waals surface area contributed by atoms with Crippen LogP contribution in [0.5, 0.6) is 0 Å². The molecule has 1 rings (SSSR count). The molecule has 0 saturated carbocycles. The minimum Gasteiger partial charge on any atom is -0.458 e. The SMILES string of the molecule is CCOC(=O)C(=O)OCCc1cccc(Cl)c1. The number of benzene rings is 1. The predicted octanol–water partition coefficient (Wildman–Crippen LogP) is 1.99. The molecule has 4 nitrogen and oxygen atoms in total. The molecule has 0 heterocycles. The molecule has 0 N–H and O–H groups in total. The highest BCUT2D eigenvalue weighted by Crippen LogP contribution is 2.11. The standard InChI is InChI=1S/C12H13ClO4/c1-2-16-11(14)12(15)17-7-6-9-4-3-5-10(13)8-9/h3-5,8H,2,6-7H2,1H3. The lowest BCUT2D eigenvalue weighted by Crippen LogP contribution is -2.21. The summed E-state index contributed by atoms with van der Waals surface area (Å²) < 4.78 is 9.23. The molecular weight excluding hydrogens is 244 g/mol. The van der Waals surface area contributed by atoms with E-state index in [0.717, 1.165) is 5.56 Å². The third-order valence-electron chi connectivity index (χ3n) is 1.96. The van der Waals surface area contributed by atoms with Crippen molar-refractivity contribution in [3.63, 3.8) is 0 Å². The van der Waals surface area contributed by atoms with Gasteiger partial charge >= 0.3 is 11.9 Å². The lowest BCUT2D eigenvalue weighted by molar-refractivity contribution is -0.167. The number of carbonyl (C=O) groups excluding carboxylic acids is 2. The summed E-state index contributed by atoms with van der Waals surface area (Å²) in [5.41, 5.74) is 0.939. The maximum absolute atomic E-state index is 11.1. The second-order valence-electron chi connectivity index (χ2n) is 3.24. The molecule has 1 aromatic rings. The van der Waals surface area contributed by atoms with Crippen LogP contribution in [0.15, 0.2) is 24.3 Å². The minimum absolute atomic E-state index is 0.123. The fourth-order valence-electron chi connectivity index (χ4n) is 1.20. The molecule has 0 spiro atoms. The largest absolute Gasteiger partial charge is 0.458 e. The Bertz CT molecular complexity index is 403. The van der Waals surface area contributed by atoms with Crippen LogP contribution < -0.4 is 0 Å². The van der Waals surface area contributed by atoms with Gasteiger partial charge in [-0.2, -0.15) is 0 Å². The fourth-order valence-corrected chi connectivity index (χ4v) is 1.42. The number of hydrogen-bond acceptors (Lipinski definition) is 4. The molecule has 1 aromatic carbocycles. The second kappa shape index (κ2) is 6.91. The summed E-state index contributed by atoms with van der Waals surface area (Å²) in [5, 5.41) is 0.624. The van der Waals surface area contributed by atoms with Gasteiger partial charge in [0.2, 0.25) is 0 Å². The van der Waals surface area contributed by atoms with Gasteiger partial charge < -0.3 is 9.47 Å². The highest BCUT2D eigenvalue weighted by Gasteiger charge is 2.15. The van der Waals surface area contributed by atoms with Gasteiger partial charge in [-0.25, -0.2) is 9.59 Å². The minimum atomic E-state index is -0.964. The first-order chi connectivity index (χ1) is 8.13. The molecule has 0 aliphatic heterocycles. The average molecular weight is 257 g/mol. The van der Waals surface area contributed by atoms with Crippen LogP contribution in [0.25, 0.3) is 0 Å². The molecule has 92 valence electrons. The van der Waals surface area contributed by atoms with Crippen molar-refractivity contribution in [2.24, 2.45) is 0 Å². The Balaban J connectivity index is 2.33. The second-order valence-corrected chi connectivity index (χ2v) is 3.67. The zero-order valence-corrected chi connectivity index (χ0v) is 10.2. The van der Waals surface area contributed by atoms with Gasteiger partial charge in [0, 0.05) is 11.4 Å². The van der Waals surface area contributed by atoms with Crippen LogP contribution >= 0.6 is 11.6 Å². The molecule has 17 heavy (non-hydrogen) atoms. The van der Waals surface area contributed by atoms with E-state index in [2.05, 4.69) is 4.74 Å². The molecule has 5 heteroatoms. The fraction of sp³-hybridized carbons (Fsp3) is 0.333. The van der Waals surface area contributed by atoms with Crippen LogP contribution in [0.2, 0.25) is 5.02 Å². The number of hydrogen-bond donors (Lipinski definition) is 0. The highest BCUT2D eigenvalue weighted by atomic mass is 35.5. The molecule has 0 amide bonds. The molecule has 0 aliphatic rings. The van der Waals surface area contributed by atoms with Crippen molar-refractivity contribution in [3.8, 4) is 0 Å². The first-order valence-corrected chi connectivity index (χ1v) is 5.59. The van der Waals surface area contributed by atoms with Crippen LogP contribution in [0.4, 0.5) is 0 Å². The van der Waals surface area contributed by atoms with E-state index in [1.807, 2.05) is 12.1 Å². The van der Waals surface area contributed by atoms with Crippen LogP contribution in [0.3, 0.4) is 0 Å². The normalized spacial score (nSPS) is 9.76. The van der Waals surface area contributed by atoms with E-state index < -0.39 is 11.9 Å². The summed E-state index contributed by atoms with van der Waals surface area (Å²) in [5.74, 6) is -1.92. The number of esters is 2. The Morgan fingerprint density at radius 2 is 1.94 bits per heavy atom. The maximum atomic E-state index is 11.1. The molecule has 0 saturated heterocycles. The molecule has 0 bridgehead atoms. The molecular formula is C12H13ClO4. The van der Waals surface area contributed by atoms with E-state index in [-0.39, 0.29) is 13.2 Å². The van der Waals surface area contributed by atoms with Crippen molar-refractivity contribution >= 4 is 23.5 Å². The smallest absolute Gasteiger partial charge is 0.417 e. The van der Waals surface area contributed by atoms with Crippen molar-refractivity contribution in [1.82, 2.24) is 0 Å². The van der Waals surface area contributed by atoms with Crippen LogP contribution in [0, 0.1) is 0 Å². The van der Waals surface area contributed by atoms with E-state index in [0.29, 0.717) is 11.4 Å². The van der Waals surface area contributed by atoms with Gasteiger partial charge in [0.25, 0.3) is 0 Å². The molecule has 0 fully saturated rings. The van der Waals surface area contributed by atoms with Gasteiger partial charge in [-0.1, -0.05) is 23.7 Å². The average Bonchev–Trinajstić information content (AvgIpc) is 2.29. The molecule has 0 radical (unpaired) electrons. The lowest BCUT2D eigenvalue weighted by Gasteiger charge is -2.04. The summed E-state index contributed by atoms with van der Waals surface area (Å²) in [7, 11) is 0. The van der Waals surface area contributed by atoms with Gasteiger partial charge in [-0.05, 0) is 24.6 Å². The molecule has 0 atom stereocenters. The van der Waals surface area contributed by atoms with Gasteiger partial charge in [0.05, 0.1) is 13.2 Å². The van der Waals surface area contributed by atoms with E-state index in [4.69, 9.17) is 16.3 Å².